The molecule has 0 bridgehead atoms. The zero-order valence-corrected chi connectivity index (χ0v) is 27.8. The fourth-order valence-electron chi connectivity index (χ4n) is 4.99. The maximum Gasteiger partial charge on any atom is 0.317 e. The topological polar surface area (TPSA) is 138 Å². The molecule has 0 radical (unpaired) electrons. The van der Waals surface area contributed by atoms with Crippen LogP contribution < -0.4 is 14.8 Å². The van der Waals surface area contributed by atoms with Gasteiger partial charge in [-0.25, -0.2) is 17.6 Å². The monoisotopic (exact) mass is 650 g/mol. The summed E-state index contributed by atoms with van der Waals surface area (Å²) in [7, 11) is -2.39. The molecule has 0 unspecified atom stereocenters. The molecule has 0 aromatic heterocycles. The molecule has 4 atom stereocenters. The molecule has 3 N–H and O–H groups in total. The van der Waals surface area contributed by atoms with Crippen molar-refractivity contribution in [1.29, 1.82) is 0 Å². The minimum absolute atomic E-state index is 0.0323. The van der Waals surface area contributed by atoms with Crippen LogP contribution in [0.15, 0.2) is 47.4 Å². The largest absolute Gasteiger partial charge is 0.490 e. The normalized spacial score (nSPS) is 20.9. The lowest BCUT2D eigenvalue weighted by molar-refractivity contribution is -0.0122. The van der Waals surface area contributed by atoms with Crippen LogP contribution >= 0.6 is 0 Å². The number of aliphatic hydroxyl groups is 1. The number of fused-ring (bicyclic) bond motifs is 1. The fourth-order valence-corrected chi connectivity index (χ4v) is 6.04. The maximum atomic E-state index is 14.2. The number of aliphatic hydroxyl groups excluding tert-OH is 1. The molecule has 2 aromatic carbocycles. The van der Waals surface area contributed by atoms with E-state index in [0.29, 0.717) is 19.6 Å². The number of nitrogens with zero attached hydrogens (tertiary/aromatic N) is 2. The third kappa shape index (κ3) is 10.3. The second-order valence-electron chi connectivity index (χ2n) is 12.1. The predicted octanol–water partition coefficient (Wildman–Crippen LogP) is 4.47. The summed E-state index contributed by atoms with van der Waals surface area (Å²) in [6.45, 7) is 9.95. The summed E-state index contributed by atoms with van der Waals surface area (Å²) in [6.07, 6.45) is 1.60. The van der Waals surface area contributed by atoms with Crippen molar-refractivity contribution < 1.29 is 37.0 Å². The average Bonchev–Trinajstić information content (AvgIpc) is 2.98. The van der Waals surface area contributed by atoms with E-state index in [1.165, 1.54) is 17.0 Å². The predicted molar refractivity (Wildman–Crippen MR) is 170 cm³/mol. The molecule has 0 spiro atoms. The summed E-state index contributed by atoms with van der Waals surface area (Å²) >= 11 is 0. The lowest BCUT2D eigenvalue weighted by Gasteiger charge is -2.36. The van der Waals surface area contributed by atoms with E-state index in [2.05, 4.69) is 10.0 Å². The minimum atomic E-state index is -4.09. The molecule has 1 aliphatic heterocycles. The first-order valence-corrected chi connectivity index (χ1v) is 16.8. The van der Waals surface area contributed by atoms with Crippen molar-refractivity contribution in [3.05, 3.63) is 53.8 Å². The summed E-state index contributed by atoms with van der Waals surface area (Å²) in [5.41, 5.74) is 0.240. The fraction of sp³-hybridized carbons (Fsp3) is 0.562. The summed E-state index contributed by atoms with van der Waals surface area (Å²) in [5.74, 6) is -0.990. The van der Waals surface area contributed by atoms with E-state index in [1.807, 2.05) is 27.7 Å². The van der Waals surface area contributed by atoms with Crippen molar-refractivity contribution in [2.24, 2.45) is 5.92 Å². The third-order valence-corrected chi connectivity index (χ3v) is 9.04. The van der Waals surface area contributed by atoms with Gasteiger partial charge in [0.05, 0.1) is 35.3 Å². The van der Waals surface area contributed by atoms with Crippen LogP contribution in [-0.2, 0) is 14.8 Å². The smallest absolute Gasteiger partial charge is 0.317 e. The Bertz CT molecular complexity index is 1390. The molecule has 2 aromatic rings. The number of hydrogen-bond donors (Lipinski definition) is 3. The molecule has 1 heterocycles. The van der Waals surface area contributed by atoms with E-state index in [1.54, 1.807) is 24.9 Å². The first kappa shape index (κ1) is 36.1. The lowest BCUT2D eigenvalue weighted by atomic mass is 10.0. The number of urea groups is 1. The van der Waals surface area contributed by atoms with Gasteiger partial charge in [-0.05, 0) is 89.4 Å². The number of anilines is 1. The Morgan fingerprint density at radius 3 is 2.47 bits per heavy atom. The van der Waals surface area contributed by atoms with Crippen molar-refractivity contribution >= 4 is 27.6 Å². The lowest BCUT2D eigenvalue weighted by Crippen LogP contribution is -2.49. The first-order chi connectivity index (χ1) is 21.2. The Kier molecular flexibility index (Phi) is 13.0. The number of benzene rings is 2. The maximum absolute atomic E-state index is 14.2. The SMILES string of the molecule is CC(C)NC(=O)N(C)C[C@H]1OCCCC[C@H](C)Oc2ccc(NS(=O)(=O)c3ccc(F)cc3)cc2C(=O)N([C@H](C)CO)C[C@@H]1C. The van der Waals surface area contributed by atoms with Gasteiger partial charge in [-0.2, -0.15) is 0 Å². The van der Waals surface area contributed by atoms with Gasteiger partial charge in [-0.15, -0.1) is 0 Å². The first-order valence-electron chi connectivity index (χ1n) is 15.4. The highest BCUT2D eigenvalue weighted by atomic mass is 32.2. The molecule has 3 amide bonds. The molecular formula is C32H47FN4O7S. The Morgan fingerprint density at radius 2 is 1.82 bits per heavy atom. The number of carbonyl (C=O) groups is 2. The summed E-state index contributed by atoms with van der Waals surface area (Å²) in [5, 5.41) is 13.0. The van der Waals surface area contributed by atoms with Gasteiger partial charge in [-0.1, -0.05) is 6.92 Å². The second-order valence-corrected chi connectivity index (χ2v) is 13.7. The highest BCUT2D eigenvalue weighted by molar-refractivity contribution is 7.92. The summed E-state index contributed by atoms with van der Waals surface area (Å²) < 4.78 is 54.5. The Hall–Kier alpha value is -3.42. The number of carbonyl (C=O) groups excluding carboxylic acids is 2. The molecule has 0 saturated heterocycles. The molecule has 0 aliphatic carbocycles. The standard InChI is InChI=1S/C32H47FN4O7S/c1-21(2)34-32(40)36(6)19-30-22(3)18-37(23(4)20-38)31(39)28-17-26(35-45(41,42)27-13-10-25(33)11-14-27)12-15-29(28)44-24(5)9-7-8-16-43-30/h10-15,17,21-24,30,35,38H,7-9,16,18-20H2,1-6H3,(H,34,40)/t22-,23+,24-,30+/m0/s1. The quantitative estimate of drug-likeness (QED) is 0.383. The van der Waals surface area contributed by atoms with Crippen molar-refractivity contribution in [2.45, 2.75) is 83.1 Å². The number of likely N-dealkylation sites (N-methyl/N-ethyl adjacent to an activating group) is 1. The molecule has 13 heteroatoms. The zero-order valence-electron chi connectivity index (χ0n) is 27.0. The van der Waals surface area contributed by atoms with Gasteiger partial charge in [0.2, 0.25) is 0 Å². The Balaban J connectivity index is 1.98. The van der Waals surface area contributed by atoms with Gasteiger partial charge in [0.1, 0.15) is 11.6 Å². The van der Waals surface area contributed by atoms with E-state index < -0.39 is 33.9 Å². The Morgan fingerprint density at radius 1 is 1.13 bits per heavy atom. The molecule has 45 heavy (non-hydrogen) atoms. The number of hydrogen-bond acceptors (Lipinski definition) is 7. The van der Waals surface area contributed by atoms with Crippen molar-refractivity contribution in [1.82, 2.24) is 15.1 Å². The van der Waals surface area contributed by atoms with E-state index >= 15 is 0 Å². The van der Waals surface area contributed by atoms with Crippen LogP contribution in [-0.4, -0.2) is 92.9 Å². The van der Waals surface area contributed by atoms with E-state index in [0.717, 1.165) is 37.1 Å². The van der Waals surface area contributed by atoms with Crippen molar-refractivity contribution in [3.63, 3.8) is 0 Å². The van der Waals surface area contributed by atoms with E-state index in [9.17, 15) is 27.5 Å². The van der Waals surface area contributed by atoms with E-state index in [4.69, 9.17) is 9.47 Å². The number of halogens is 1. The third-order valence-electron chi connectivity index (χ3n) is 7.64. The van der Waals surface area contributed by atoms with Gasteiger partial charge in [0, 0.05) is 44.4 Å². The molecule has 0 fully saturated rings. The molecular weight excluding hydrogens is 603 g/mol. The van der Waals surface area contributed by atoms with Gasteiger partial charge < -0.3 is 29.7 Å². The van der Waals surface area contributed by atoms with Crippen LogP contribution in [0.4, 0.5) is 14.9 Å². The van der Waals surface area contributed by atoms with Gasteiger partial charge in [-0.3, -0.25) is 9.52 Å². The van der Waals surface area contributed by atoms with Crippen LogP contribution in [0.3, 0.4) is 0 Å². The zero-order chi connectivity index (χ0) is 33.3. The second kappa shape index (κ2) is 16.2. The van der Waals surface area contributed by atoms with E-state index in [-0.39, 0.29) is 59.1 Å². The number of rotatable bonds is 8. The Labute approximate surface area is 266 Å². The van der Waals surface area contributed by atoms with Gasteiger partial charge >= 0.3 is 6.03 Å². The molecule has 250 valence electrons. The highest BCUT2D eigenvalue weighted by Crippen LogP contribution is 2.29. The van der Waals surface area contributed by atoms with Crippen LogP contribution in [0.1, 0.15) is 64.2 Å². The number of amides is 3. The molecule has 11 nitrogen and oxygen atoms in total. The molecule has 1 aliphatic rings. The number of nitrogens with one attached hydrogen (secondary N) is 2. The summed E-state index contributed by atoms with van der Waals surface area (Å²) in [4.78, 5) is 29.9. The number of sulfonamides is 1. The number of ether oxygens (including phenoxy) is 2. The van der Waals surface area contributed by atoms with Crippen LogP contribution in [0, 0.1) is 11.7 Å². The molecule has 0 saturated carbocycles. The van der Waals surface area contributed by atoms with Gasteiger partial charge in [0.25, 0.3) is 15.9 Å². The minimum Gasteiger partial charge on any atom is -0.490 e. The highest BCUT2D eigenvalue weighted by Gasteiger charge is 2.31. The van der Waals surface area contributed by atoms with Crippen LogP contribution in [0.25, 0.3) is 0 Å². The van der Waals surface area contributed by atoms with Crippen LogP contribution in [0.5, 0.6) is 5.75 Å². The van der Waals surface area contributed by atoms with Crippen molar-refractivity contribution in [3.8, 4) is 5.75 Å². The van der Waals surface area contributed by atoms with Crippen molar-refractivity contribution in [2.75, 3.05) is 38.1 Å². The average molecular weight is 651 g/mol. The molecule has 3 rings (SSSR count). The van der Waals surface area contributed by atoms with Gasteiger partial charge in [0.15, 0.2) is 0 Å². The van der Waals surface area contributed by atoms with Crippen LogP contribution in [0.2, 0.25) is 0 Å². The summed E-state index contributed by atoms with van der Waals surface area (Å²) in [6, 6.07) is 8.03.